The van der Waals surface area contributed by atoms with Crippen LogP contribution in [0, 0.1) is 0 Å². The normalized spacial score (nSPS) is 11.1. The monoisotopic (exact) mass is 488 g/mol. The quantitative estimate of drug-likeness (QED) is 0.194. The Morgan fingerprint density at radius 3 is 2.85 bits per heavy atom. The number of hydrogen-bond donors (Lipinski definition) is 3. The van der Waals surface area contributed by atoms with Crippen molar-refractivity contribution in [1.29, 1.82) is 0 Å². The van der Waals surface area contributed by atoms with Crippen LogP contribution in [0.1, 0.15) is 18.9 Å². The molecule has 0 bridgehead atoms. The van der Waals surface area contributed by atoms with Gasteiger partial charge in [-0.3, -0.25) is 5.10 Å². The van der Waals surface area contributed by atoms with E-state index < -0.39 is 0 Å². The molecular weight excluding hydrogens is 459 g/mol. The van der Waals surface area contributed by atoms with Crippen LogP contribution in [-0.2, 0) is 16.0 Å². The lowest BCUT2D eigenvalue weighted by atomic mass is 10.1. The summed E-state index contributed by atoms with van der Waals surface area (Å²) in [4.78, 5) is 8.82. The number of H-pyrrole nitrogens is 1. The molecule has 0 aliphatic heterocycles. The number of ether oxygens (including phenoxy) is 2. The van der Waals surface area contributed by atoms with E-state index in [1.165, 1.54) is 6.33 Å². The molecule has 0 aliphatic rings. The molecule has 0 fully saturated rings. The smallest absolute Gasteiger partial charge is 0.191 e. The number of methoxy groups -OCH3 is 1. The molecule has 3 N–H and O–H groups in total. The Balaban J connectivity index is 0.00000364. The summed E-state index contributed by atoms with van der Waals surface area (Å²) in [6.07, 6.45) is 2.42. The first-order valence-corrected chi connectivity index (χ1v) is 8.87. The number of rotatable bonds is 11. The fourth-order valence-corrected chi connectivity index (χ4v) is 2.30. The van der Waals surface area contributed by atoms with Crippen LogP contribution in [0.15, 0.2) is 35.6 Å². The van der Waals surface area contributed by atoms with E-state index in [0.717, 1.165) is 42.4 Å². The van der Waals surface area contributed by atoms with Crippen LogP contribution in [0.2, 0.25) is 0 Å². The van der Waals surface area contributed by atoms with Crippen molar-refractivity contribution in [3.63, 3.8) is 0 Å². The van der Waals surface area contributed by atoms with Crippen molar-refractivity contribution < 1.29 is 9.47 Å². The minimum Gasteiger partial charge on any atom is -0.382 e. The lowest BCUT2D eigenvalue weighted by Gasteiger charge is -2.11. The van der Waals surface area contributed by atoms with Crippen molar-refractivity contribution in [3.8, 4) is 11.4 Å². The summed E-state index contributed by atoms with van der Waals surface area (Å²) >= 11 is 0. The van der Waals surface area contributed by atoms with E-state index in [1.54, 1.807) is 7.11 Å². The minimum absolute atomic E-state index is 0. The van der Waals surface area contributed by atoms with Crippen molar-refractivity contribution >= 4 is 29.9 Å². The molecule has 150 valence electrons. The van der Waals surface area contributed by atoms with E-state index in [-0.39, 0.29) is 24.0 Å². The zero-order valence-electron chi connectivity index (χ0n) is 15.9. The van der Waals surface area contributed by atoms with Gasteiger partial charge in [-0.15, -0.1) is 24.0 Å². The lowest BCUT2D eigenvalue weighted by Crippen LogP contribution is -2.38. The molecule has 1 heterocycles. The van der Waals surface area contributed by atoms with Crippen molar-refractivity contribution in [2.75, 3.05) is 40.0 Å². The van der Waals surface area contributed by atoms with E-state index in [1.807, 2.05) is 12.1 Å². The van der Waals surface area contributed by atoms with Gasteiger partial charge < -0.3 is 20.1 Å². The highest BCUT2D eigenvalue weighted by atomic mass is 127. The van der Waals surface area contributed by atoms with E-state index in [0.29, 0.717) is 26.4 Å². The second-order valence-electron chi connectivity index (χ2n) is 5.62. The number of aromatic amines is 1. The Labute approximate surface area is 177 Å². The molecule has 1 aromatic heterocycles. The number of hydrogen-bond acceptors (Lipinski definition) is 5. The molecule has 0 saturated heterocycles. The Bertz CT molecular complexity index is 651. The third-order valence-electron chi connectivity index (χ3n) is 3.57. The molecule has 0 atom stereocenters. The Hall–Kier alpha value is -1.72. The summed E-state index contributed by atoms with van der Waals surface area (Å²) in [5.74, 6) is 1.56. The first kappa shape index (κ1) is 23.3. The second-order valence-corrected chi connectivity index (χ2v) is 5.62. The summed E-state index contributed by atoms with van der Waals surface area (Å²) in [5.41, 5.74) is 2.11. The molecule has 0 aliphatic carbocycles. The maximum absolute atomic E-state index is 5.45. The highest BCUT2D eigenvalue weighted by molar-refractivity contribution is 14.0. The van der Waals surface area contributed by atoms with Gasteiger partial charge in [-0.05, 0) is 25.0 Å². The molecule has 0 saturated carbocycles. The summed E-state index contributed by atoms with van der Waals surface area (Å²) in [6, 6.07) is 8.12. The molecule has 0 amide bonds. The number of nitrogens with zero attached hydrogens (tertiary/aromatic N) is 3. The molecule has 27 heavy (non-hydrogen) atoms. The molecule has 9 heteroatoms. The number of benzene rings is 1. The Morgan fingerprint density at radius 1 is 1.22 bits per heavy atom. The van der Waals surface area contributed by atoms with Gasteiger partial charge in [0.25, 0.3) is 0 Å². The lowest BCUT2D eigenvalue weighted by molar-refractivity contribution is 0.0698. The molecule has 2 aromatic rings. The van der Waals surface area contributed by atoms with Gasteiger partial charge in [0.2, 0.25) is 0 Å². The van der Waals surface area contributed by atoms with Crippen LogP contribution < -0.4 is 10.6 Å². The van der Waals surface area contributed by atoms with Crippen LogP contribution in [-0.4, -0.2) is 61.2 Å². The molecule has 1 aromatic carbocycles. The Kier molecular flexibility index (Phi) is 12.4. The maximum Gasteiger partial charge on any atom is 0.191 e. The SMILES string of the molecule is CCNC(=NCc1cccc(-c2ncn[nH]2)c1)NCCCOCCOC.I. The fourth-order valence-electron chi connectivity index (χ4n) is 2.30. The number of aliphatic imine (C=N–C) groups is 1. The van der Waals surface area contributed by atoms with Gasteiger partial charge in [0.15, 0.2) is 11.8 Å². The average Bonchev–Trinajstić information content (AvgIpc) is 3.20. The van der Waals surface area contributed by atoms with E-state index in [9.17, 15) is 0 Å². The van der Waals surface area contributed by atoms with Crippen LogP contribution in [0.5, 0.6) is 0 Å². The minimum atomic E-state index is 0. The molecule has 8 nitrogen and oxygen atoms in total. The predicted molar refractivity (Wildman–Crippen MR) is 117 cm³/mol. The highest BCUT2D eigenvalue weighted by Crippen LogP contribution is 2.15. The van der Waals surface area contributed by atoms with Crippen LogP contribution in [0.3, 0.4) is 0 Å². The summed E-state index contributed by atoms with van der Waals surface area (Å²) in [5, 5.41) is 13.3. The van der Waals surface area contributed by atoms with E-state index in [2.05, 4.69) is 49.9 Å². The third-order valence-corrected chi connectivity index (χ3v) is 3.57. The number of nitrogens with one attached hydrogen (secondary N) is 3. The zero-order chi connectivity index (χ0) is 18.5. The largest absolute Gasteiger partial charge is 0.382 e. The summed E-state index contributed by atoms with van der Waals surface area (Å²) < 4.78 is 10.4. The van der Waals surface area contributed by atoms with Crippen LogP contribution in [0.4, 0.5) is 0 Å². The number of halogens is 1. The number of guanidine groups is 1. The van der Waals surface area contributed by atoms with Gasteiger partial charge in [-0.1, -0.05) is 18.2 Å². The summed E-state index contributed by atoms with van der Waals surface area (Å²) in [7, 11) is 1.67. The molecule has 2 rings (SSSR count). The molecule has 0 spiro atoms. The first-order chi connectivity index (χ1) is 12.8. The average molecular weight is 488 g/mol. The van der Waals surface area contributed by atoms with E-state index >= 15 is 0 Å². The standard InChI is InChI=1S/C18H28N6O2.HI/c1-3-19-18(20-8-5-9-26-11-10-25-2)21-13-15-6-4-7-16(12-15)17-22-14-23-24-17;/h4,6-7,12,14H,3,5,8-11,13H2,1-2H3,(H2,19,20,21)(H,22,23,24);1H. The van der Waals surface area contributed by atoms with Crippen molar-refractivity contribution in [3.05, 3.63) is 36.2 Å². The zero-order valence-corrected chi connectivity index (χ0v) is 18.2. The van der Waals surface area contributed by atoms with Crippen LogP contribution in [0.25, 0.3) is 11.4 Å². The van der Waals surface area contributed by atoms with Crippen molar-refractivity contribution in [1.82, 2.24) is 25.8 Å². The van der Waals surface area contributed by atoms with Crippen LogP contribution >= 0.6 is 24.0 Å². The molecule has 0 radical (unpaired) electrons. The first-order valence-electron chi connectivity index (χ1n) is 8.87. The van der Waals surface area contributed by atoms with Crippen molar-refractivity contribution in [2.45, 2.75) is 19.9 Å². The van der Waals surface area contributed by atoms with E-state index in [4.69, 9.17) is 9.47 Å². The van der Waals surface area contributed by atoms with Gasteiger partial charge in [0, 0.05) is 32.4 Å². The maximum atomic E-state index is 5.45. The Morgan fingerprint density at radius 2 is 2.11 bits per heavy atom. The van der Waals surface area contributed by atoms with Gasteiger partial charge in [0.05, 0.1) is 19.8 Å². The topological polar surface area (TPSA) is 96.5 Å². The van der Waals surface area contributed by atoms with Gasteiger partial charge in [-0.25, -0.2) is 9.98 Å². The fraction of sp³-hybridized carbons (Fsp3) is 0.500. The predicted octanol–water partition coefficient (Wildman–Crippen LogP) is 2.20. The highest BCUT2D eigenvalue weighted by Gasteiger charge is 2.02. The van der Waals surface area contributed by atoms with Gasteiger partial charge in [-0.2, -0.15) is 5.10 Å². The van der Waals surface area contributed by atoms with Gasteiger partial charge in [0.1, 0.15) is 6.33 Å². The van der Waals surface area contributed by atoms with Crippen molar-refractivity contribution in [2.24, 2.45) is 4.99 Å². The molecule has 0 unspecified atom stereocenters. The summed E-state index contributed by atoms with van der Waals surface area (Å²) in [6.45, 7) is 6.22. The number of aromatic nitrogens is 3. The third kappa shape index (κ3) is 9.16. The molecular formula is C18H29IN6O2. The van der Waals surface area contributed by atoms with Gasteiger partial charge >= 0.3 is 0 Å². The second kappa shape index (κ2) is 14.4.